The Hall–Kier alpha value is -3.12. The third-order valence-electron chi connectivity index (χ3n) is 3.22. The Morgan fingerprint density at radius 1 is 1.12 bits per heavy atom. The van der Waals surface area contributed by atoms with Gasteiger partial charge in [0.1, 0.15) is 18.4 Å². The van der Waals surface area contributed by atoms with Gasteiger partial charge in [-0.05, 0) is 18.2 Å². The summed E-state index contributed by atoms with van der Waals surface area (Å²) in [6, 6.07) is 10.4. The second kappa shape index (κ2) is 7.19. The van der Waals surface area contributed by atoms with Crippen LogP contribution in [0.15, 0.2) is 36.4 Å². The SMILES string of the molecule is N#Cc1nnn(-c2ccc(C(F)F)cc2)c1COc1ccc(Cl)nn1. The molecular weight excluding hydrogens is 354 g/mol. The molecule has 0 aliphatic carbocycles. The van der Waals surface area contributed by atoms with Crippen LogP contribution in [-0.2, 0) is 6.61 Å². The third-order valence-corrected chi connectivity index (χ3v) is 3.42. The zero-order valence-electron chi connectivity index (χ0n) is 12.5. The van der Waals surface area contributed by atoms with Crippen LogP contribution >= 0.6 is 11.6 Å². The number of benzene rings is 1. The Kier molecular flexibility index (Phi) is 4.81. The first-order chi connectivity index (χ1) is 12.1. The van der Waals surface area contributed by atoms with Crippen LogP contribution in [0.3, 0.4) is 0 Å². The molecule has 7 nitrogen and oxygen atoms in total. The van der Waals surface area contributed by atoms with Crippen LogP contribution in [0.4, 0.5) is 8.78 Å². The predicted octanol–water partition coefficient (Wildman–Crippen LogP) is 3.10. The van der Waals surface area contributed by atoms with E-state index in [0.29, 0.717) is 11.4 Å². The van der Waals surface area contributed by atoms with Gasteiger partial charge in [0.05, 0.1) is 5.69 Å². The van der Waals surface area contributed by atoms with E-state index in [2.05, 4.69) is 20.5 Å². The standard InChI is InChI=1S/C15H9ClF2N6O/c16-13-5-6-14(22-21-13)25-8-12-11(7-19)20-23-24(12)10-3-1-9(2-4-10)15(17)18/h1-6,15H,8H2. The van der Waals surface area contributed by atoms with Crippen molar-refractivity contribution in [3.05, 3.63) is 58.5 Å². The van der Waals surface area contributed by atoms with E-state index in [9.17, 15) is 8.78 Å². The highest BCUT2D eigenvalue weighted by molar-refractivity contribution is 6.29. The van der Waals surface area contributed by atoms with Gasteiger partial charge in [-0.3, -0.25) is 0 Å². The molecule has 3 rings (SSSR count). The molecule has 0 N–H and O–H groups in total. The molecular formula is C15H9ClF2N6O. The number of hydrogen-bond acceptors (Lipinski definition) is 6. The Labute approximate surface area is 145 Å². The van der Waals surface area contributed by atoms with Crippen LogP contribution < -0.4 is 4.74 Å². The van der Waals surface area contributed by atoms with Gasteiger partial charge in [0.2, 0.25) is 5.88 Å². The Morgan fingerprint density at radius 2 is 1.88 bits per heavy atom. The van der Waals surface area contributed by atoms with Crippen molar-refractivity contribution in [2.75, 3.05) is 0 Å². The fraction of sp³-hybridized carbons (Fsp3) is 0.133. The van der Waals surface area contributed by atoms with Crippen LogP contribution in [0.1, 0.15) is 23.4 Å². The van der Waals surface area contributed by atoms with Gasteiger partial charge < -0.3 is 4.74 Å². The summed E-state index contributed by atoms with van der Waals surface area (Å²) >= 11 is 5.65. The molecule has 0 aliphatic heterocycles. The summed E-state index contributed by atoms with van der Waals surface area (Å²) in [7, 11) is 0. The average molecular weight is 363 g/mol. The highest BCUT2D eigenvalue weighted by atomic mass is 35.5. The van der Waals surface area contributed by atoms with E-state index in [-0.39, 0.29) is 28.9 Å². The van der Waals surface area contributed by atoms with Crippen molar-refractivity contribution in [1.82, 2.24) is 25.2 Å². The molecule has 0 aliphatic rings. The predicted molar refractivity (Wildman–Crippen MR) is 82.4 cm³/mol. The van der Waals surface area contributed by atoms with Gasteiger partial charge in [-0.1, -0.05) is 28.9 Å². The molecule has 0 spiro atoms. The molecule has 3 aromatic rings. The monoisotopic (exact) mass is 362 g/mol. The summed E-state index contributed by atoms with van der Waals surface area (Å²) in [4.78, 5) is 0. The third kappa shape index (κ3) is 3.70. The molecule has 1 aromatic carbocycles. The van der Waals surface area contributed by atoms with E-state index in [4.69, 9.17) is 21.6 Å². The quantitative estimate of drug-likeness (QED) is 0.692. The normalized spacial score (nSPS) is 10.7. The maximum Gasteiger partial charge on any atom is 0.263 e. The number of rotatable bonds is 5. The molecule has 0 amide bonds. The van der Waals surface area contributed by atoms with Crippen LogP contribution in [0, 0.1) is 11.3 Å². The maximum absolute atomic E-state index is 12.7. The van der Waals surface area contributed by atoms with Gasteiger partial charge >= 0.3 is 0 Å². The van der Waals surface area contributed by atoms with Crippen molar-refractivity contribution in [2.24, 2.45) is 0 Å². The zero-order chi connectivity index (χ0) is 17.8. The number of aromatic nitrogens is 5. The molecule has 0 fully saturated rings. The van der Waals surface area contributed by atoms with Crippen molar-refractivity contribution in [3.8, 4) is 17.6 Å². The van der Waals surface area contributed by atoms with Crippen molar-refractivity contribution in [3.63, 3.8) is 0 Å². The molecule has 0 saturated carbocycles. The fourth-order valence-electron chi connectivity index (χ4n) is 2.01. The van der Waals surface area contributed by atoms with E-state index < -0.39 is 6.43 Å². The largest absolute Gasteiger partial charge is 0.470 e. The van der Waals surface area contributed by atoms with Gasteiger partial charge in [-0.2, -0.15) is 5.26 Å². The number of hydrogen-bond donors (Lipinski definition) is 0. The highest BCUT2D eigenvalue weighted by Gasteiger charge is 2.16. The summed E-state index contributed by atoms with van der Waals surface area (Å²) < 4.78 is 32.1. The number of ether oxygens (including phenoxy) is 1. The van der Waals surface area contributed by atoms with Crippen molar-refractivity contribution >= 4 is 11.6 Å². The van der Waals surface area contributed by atoms with Crippen LogP contribution in [0.2, 0.25) is 5.15 Å². The van der Waals surface area contributed by atoms with Gasteiger partial charge in [0.25, 0.3) is 6.43 Å². The van der Waals surface area contributed by atoms with E-state index in [1.807, 2.05) is 6.07 Å². The smallest absolute Gasteiger partial charge is 0.263 e. The average Bonchev–Trinajstić information content (AvgIpc) is 3.04. The zero-order valence-corrected chi connectivity index (χ0v) is 13.2. The summed E-state index contributed by atoms with van der Waals surface area (Å²) in [6.07, 6.45) is -2.56. The van der Waals surface area contributed by atoms with Crippen molar-refractivity contribution < 1.29 is 13.5 Å². The molecule has 25 heavy (non-hydrogen) atoms. The molecule has 2 aromatic heterocycles. The lowest BCUT2D eigenvalue weighted by Crippen LogP contribution is -2.08. The topological polar surface area (TPSA) is 89.5 Å². The lowest BCUT2D eigenvalue weighted by Gasteiger charge is -2.08. The Balaban J connectivity index is 1.87. The lowest BCUT2D eigenvalue weighted by molar-refractivity contribution is 0.151. The van der Waals surface area contributed by atoms with Crippen molar-refractivity contribution in [1.29, 1.82) is 5.26 Å². The van der Waals surface area contributed by atoms with Crippen LogP contribution in [-0.4, -0.2) is 25.2 Å². The molecule has 0 radical (unpaired) electrons. The molecule has 0 bridgehead atoms. The summed E-state index contributed by atoms with van der Waals surface area (Å²) in [5, 5.41) is 24.4. The minimum atomic E-state index is -2.56. The van der Waals surface area contributed by atoms with Gasteiger partial charge in [-0.25, -0.2) is 13.5 Å². The molecule has 10 heteroatoms. The number of nitrogens with zero attached hydrogens (tertiary/aromatic N) is 6. The Bertz CT molecular complexity index is 905. The summed E-state index contributed by atoms with van der Waals surface area (Å²) in [5.41, 5.74) is 0.765. The van der Waals surface area contributed by atoms with E-state index in [1.54, 1.807) is 0 Å². The number of nitriles is 1. The van der Waals surface area contributed by atoms with E-state index in [1.165, 1.54) is 41.1 Å². The first-order valence-corrected chi connectivity index (χ1v) is 7.31. The van der Waals surface area contributed by atoms with Gasteiger partial charge in [0, 0.05) is 11.6 Å². The highest BCUT2D eigenvalue weighted by Crippen LogP contribution is 2.21. The lowest BCUT2D eigenvalue weighted by atomic mass is 10.2. The fourth-order valence-corrected chi connectivity index (χ4v) is 2.11. The van der Waals surface area contributed by atoms with Crippen molar-refractivity contribution in [2.45, 2.75) is 13.0 Å². The summed E-state index contributed by atoms with van der Waals surface area (Å²) in [5.74, 6) is 0.203. The number of halogens is 3. The molecule has 0 unspecified atom stereocenters. The Morgan fingerprint density at radius 3 is 2.48 bits per heavy atom. The minimum Gasteiger partial charge on any atom is -0.470 e. The van der Waals surface area contributed by atoms with E-state index >= 15 is 0 Å². The van der Waals surface area contributed by atoms with Gasteiger partial charge in [0.15, 0.2) is 10.8 Å². The second-order valence-corrected chi connectivity index (χ2v) is 5.17. The van der Waals surface area contributed by atoms with Crippen LogP contribution in [0.25, 0.3) is 5.69 Å². The number of alkyl halides is 2. The molecule has 126 valence electrons. The van der Waals surface area contributed by atoms with Crippen LogP contribution in [0.5, 0.6) is 5.88 Å². The minimum absolute atomic E-state index is 0.0554. The molecule has 2 heterocycles. The maximum atomic E-state index is 12.7. The molecule has 0 atom stereocenters. The van der Waals surface area contributed by atoms with E-state index in [0.717, 1.165) is 0 Å². The first-order valence-electron chi connectivity index (χ1n) is 6.93. The summed E-state index contributed by atoms with van der Waals surface area (Å²) in [6.45, 7) is -0.0667. The first kappa shape index (κ1) is 16.7. The van der Waals surface area contributed by atoms with Gasteiger partial charge in [-0.15, -0.1) is 15.3 Å². The molecule has 0 saturated heterocycles. The second-order valence-electron chi connectivity index (χ2n) is 4.78.